The van der Waals surface area contributed by atoms with Crippen molar-refractivity contribution in [3.63, 3.8) is 0 Å². The molecule has 5 nitrogen and oxygen atoms in total. The minimum atomic E-state index is -3.44. The number of hydrogen-bond donors (Lipinski definition) is 1. The lowest BCUT2D eigenvalue weighted by atomic mass is 10.2. The fourth-order valence-electron chi connectivity index (χ4n) is 2.09. The molecule has 0 aliphatic carbocycles. The van der Waals surface area contributed by atoms with E-state index in [-0.39, 0.29) is 4.90 Å². The molecule has 0 saturated carbocycles. The molecule has 0 amide bonds. The smallest absolute Gasteiger partial charge is 0.267 e. The molecule has 1 heterocycles. The lowest BCUT2D eigenvalue weighted by Crippen LogP contribution is -2.37. The minimum Gasteiger partial charge on any atom is -0.315 e. The predicted molar refractivity (Wildman–Crippen MR) is 80.9 cm³/mol. The highest BCUT2D eigenvalue weighted by Gasteiger charge is 2.27. The number of benzene rings is 1. The van der Waals surface area contributed by atoms with Gasteiger partial charge < -0.3 is 5.32 Å². The molecule has 6 heteroatoms. The summed E-state index contributed by atoms with van der Waals surface area (Å²) in [5, 5.41) is 3.26. The largest absolute Gasteiger partial charge is 0.315 e. The van der Waals surface area contributed by atoms with Crippen LogP contribution >= 0.6 is 0 Å². The summed E-state index contributed by atoms with van der Waals surface area (Å²) in [7, 11) is -3.44. The molecule has 0 bridgehead atoms. The molecule has 1 aromatic rings. The van der Waals surface area contributed by atoms with E-state index in [0.29, 0.717) is 18.8 Å². The first-order chi connectivity index (χ1) is 9.66. The van der Waals surface area contributed by atoms with E-state index in [1.165, 1.54) is 23.5 Å². The molecule has 0 atom stereocenters. The van der Waals surface area contributed by atoms with Crippen molar-refractivity contribution in [1.82, 2.24) is 9.62 Å². The van der Waals surface area contributed by atoms with Gasteiger partial charge in [0.25, 0.3) is 10.0 Å². The maximum Gasteiger partial charge on any atom is 0.267 e. The second-order valence-electron chi connectivity index (χ2n) is 4.79. The summed E-state index contributed by atoms with van der Waals surface area (Å²) in [6, 6.07) is 6.82. The van der Waals surface area contributed by atoms with Crippen LogP contribution in [0.3, 0.4) is 0 Å². The molecule has 0 unspecified atom stereocenters. The minimum absolute atomic E-state index is 0.286. The normalized spacial score (nSPS) is 16.1. The van der Waals surface area contributed by atoms with Gasteiger partial charge in [-0.15, -0.1) is 0 Å². The second-order valence-corrected chi connectivity index (χ2v) is 6.64. The molecular formula is C14H21N3O2S. The fourth-order valence-corrected chi connectivity index (χ4v) is 3.48. The Labute approximate surface area is 120 Å². The van der Waals surface area contributed by atoms with Gasteiger partial charge in [0.1, 0.15) is 11.2 Å². The van der Waals surface area contributed by atoms with Gasteiger partial charge in [0.15, 0.2) is 0 Å². The average Bonchev–Trinajstić information content (AvgIpc) is 2.45. The van der Waals surface area contributed by atoms with E-state index in [4.69, 9.17) is 0 Å². The van der Waals surface area contributed by atoms with Crippen molar-refractivity contribution in [2.75, 3.05) is 19.6 Å². The molecule has 0 saturated heterocycles. The molecule has 20 heavy (non-hydrogen) atoms. The summed E-state index contributed by atoms with van der Waals surface area (Å²) in [6.45, 7) is 4.13. The molecule has 0 fully saturated rings. The van der Waals surface area contributed by atoms with Crippen LogP contribution in [0.4, 0.5) is 5.69 Å². The number of para-hydroxylation sites is 1. The Kier molecular flexibility index (Phi) is 5.14. The first kappa shape index (κ1) is 15.0. The maximum atomic E-state index is 12.4. The topological polar surface area (TPSA) is 61.8 Å². The van der Waals surface area contributed by atoms with E-state index < -0.39 is 10.0 Å². The van der Waals surface area contributed by atoms with Gasteiger partial charge in [-0.3, -0.25) is 4.31 Å². The standard InChI is InChI=1S/C14H21N3O2S/c1-2-3-6-9-15-10-11-17-12-16-13-7-4-5-8-14(13)20(17,18)19/h4-5,7-8,12,15H,2-3,6,9-11H2,1H3. The van der Waals surface area contributed by atoms with Crippen molar-refractivity contribution >= 4 is 22.0 Å². The summed E-state index contributed by atoms with van der Waals surface area (Å²) >= 11 is 0. The van der Waals surface area contributed by atoms with Gasteiger partial charge in [0, 0.05) is 13.1 Å². The van der Waals surface area contributed by atoms with Crippen molar-refractivity contribution < 1.29 is 8.42 Å². The number of hydrogen-bond acceptors (Lipinski definition) is 4. The molecule has 0 aromatic heterocycles. The van der Waals surface area contributed by atoms with Crippen molar-refractivity contribution in [1.29, 1.82) is 0 Å². The summed E-state index contributed by atoms with van der Waals surface area (Å²) in [6.07, 6.45) is 4.92. The number of nitrogens with zero attached hydrogens (tertiary/aromatic N) is 2. The van der Waals surface area contributed by atoms with Crippen LogP contribution in [-0.4, -0.2) is 38.7 Å². The highest BCUT2D eigenvalue weighted by Crippen LogP contribution is 2.29. The zero-order valence-electron chi connectivity index (χ0n) is 11.7. The third-order valence-corrected chi connectivity index (χ3v) is 5.04. The van der Waals surface area contributed by atoms with Gasteiger partial charge >= 0.3 is 0 Å². The Bertz CT molecular complexity index is 570. The lowest BCUT2D eigenvalue weighted by Gasteiger charge is -2.24. The first-order valence-electron chi connectivity index (χ1n) is 7.02. The zero-order chi connectivity index (χ0) is 14.4. The van der Waals surface area contributed by atoms with Crippen molar-refractivity contribution in [3.05, 3.63) is 24.3 Å². The van der Waals surface area contributed by atoms with Gasteiger partial charge in [-0.25, -0.2) is 13.4 Å². The van der Waals surface area contributed by atoms with Gasteiger partial charge in [-0.2, -0.15) is 0 Å². The van der Waals surface area contributed by atoms with Crippen LogP contribution < -0.4 is 5.32 Å². The number of rotatable bonds is 7. The van der Waals surface area contributed by atoms with Crippen LogP contribution in [0.25, 0.3) is 0 Å². The van der Waals surface area contributed by atoms with E-state index in [0.717, 1.165) is 13.0 Å². The van der Waals surface area contributed by atoms with Crippen LogP contribution in [-0.2, 0) is 10.0 Å². The zero-order valence-corrected chi connectivity index (χ0v) is 12.6. The summed E-state index contributed by atoms with van der Waals surface area (Å²) < 4.78 is 26.1. The van der Waals surface area contributed by atoms with Gasteiger partial charge in [-0.05, 0) is 25.1 Å². The molecule has 110 valence electrons. The average molecular weight is 295 g/mol. The molecule has 0 spiro atoms. The van der Waals surface area contributed by atoms with Crippen LogP contribution in [0.15, 0.2) is 34.2 Å². The molecular weight excluding hydrogens is 274 g/mol. The Hall–Kier alpha value is -1.40. The number of fused-ring (bicyclic) bond motifs is 1. The third kappa shape index (κ3) is 3.37. The van der Waals surface area contributed by atoms with Crippen LogP contribution in [0.5, 0.6) is 0 Å². The van der Waals surface area contributed by atoms with Gasteiger partial charge in [0.2, 0.25) is 0 Å². The molecule has 1 aliphatic heterocycles. The van der Waals surface area contributed by atoms with Crippen LogP contribution in [0.1, 0.15) is 26.2 Å². The van der Waals surface area contributed by atoms with Crippen molar-refractivity contribution in [2.24, 2.45) is 4.99 Å². The third-order valence-electron chi connectivity index (χ3n) is 3.24. The van der Waals surface area contributed by atoms with Crippen molar-refractivity contribution in [2.45, 2.75) is 31.1 Å². The number of aliphatic imine (C=N–C) groups is 1. The highest BCUT2D eigenvalue weighted by atomic mass is 32.2. The second kappa shape index (κ2) is 6.85. The number of unbranched alkanes of at least 4 members (excludes halogenated alkanes) is 2. The van der Waals surface area contributed by atoms with Gasteiger partial charge in [0.05, 0.1) is 5.69 Å². The number of nitrogens with one attached hydrogen (secondary N) is 1. The van der Waals surface area contributed by atoms with E-state index in [9.17, 15) is 8.42 Å². The molecule has 1 aliphatic rings. The quantitative estimate of drug-likeness (QED) is 0.784. The summed E-state index contributed by atoms with van der Waals surface area (Å²) in [5.74, 6) is 0. The Morgan fingerprint density at radius 3 is 2.80 bits per heavy atom. The molecule has 0 radical (unpaired) electrons. The molecule has 1 aromatic carbocycles. The molecule has 2 rings (SSSR count). The monoisotopic (exact) mass is 295 g/mol. The Morgan fingerprint density at radius 1 is 1.20 bits per heavy atom. The Morgan fingerprint density at radius 2 is 2.00 bits per heavy atom. The fraction of sp³-hybridized carbons (Fsp3) is 0.500. The van der Waals surface area contributed by atoms with E-state index in [2.05, 4.69) is 17.2 Å². The Balaban J connectivity index is 1.92. The SMILES string of the molecule is CCCCCNCCN1C=Nc2ccccc2S1(=O)=O. The van der Waals surface area contributed by atoms with E-state index >= 15 is 0 Å². The highest BCUT2D eigenvalue weighted by molar-refractivity contribution is 7.89. The number of sulfonamides is 1. The van der Waals surface area contributed by atoms with Crippen LogP contribution in [0.2, 0.25) is 0 Å². The van der Waals surface area contributed by atoms with Crippen LogP contribution in [0, 0.1) is 0 Å². The van der Waals surface area contributed by atoms with E-state index in [1.807, 2.05) is 0 Å². The summed E-state index contributed by atoms with van der Waals surface area (Å²) in [5.41, 5.74) is 0.514. The lowest BCUT2D eigenvalue weighted by molar-refractivity contribution is 0.506. The maximum absolute atomic E-state index is 12.4. The predicted octanol–water partition coefficient (Wildman–Crippen LogP) is 2.13. The summed E-state index contributed by atoms with van der Waals surface area (Å²) in [4.78, 5) is 4.48. The van der Waals surface area contributed by atoms with Crippen molar-refractivity contribution in [3.8, 4) is 0 Å². The van der Waals surface area contributed by atoms with Gasteiger partial charge in [-0.1, -0.05) is 31.9 Å². The first-order valence-corrected chi connectivity index (χ1v) is 8.46. The molecule has 1 N–H and O–H groups in total. The van der Waals surface area contributed by atoms with E-state index in [1.54, 1.807) is 24.3 Å².